The van der Waals surface area contributed by atoms with Crippen molar-refractivity contribution >= 4 is 98.9 Å². The van der Waals surface area contributed by atoms with Crippen LogP contribution < -0.4 is 47.0 Å². The van der Waals surface area contributed by atoms with Crippen molar-refractivity contribution in [2.24, 2.45) is 0 Å². The minimum atomic E-state index is -4.43. The van der Waals surface area contributed by atoms with Gasteiger partial charge in [0.05, 0.1) is 42.6 Å². The second kappa shape index (κ2) is 21.0. The van der Waals surface area contributed by atoms with Crippen LogP contribution in [0.4, 0.5) is 0 Å². The molecule has 81 heavy (non-hydrogen) atoms. The quantitative estimate of drug-likeness (QED) is 0.0924. The molecule has 6 aromatic rings. The van der Waals surface area contributed by atoms with Crippen LogP contribution in [0.1, 0.15) is 73.2 Å². The number of aryl methyl sites for hydroxylation is 2. The van der Waals surface area contributed by atoms with Crippen LogP contribution in [0, 0.1) is 22.9 Å². The molecule has 2 N–H and O–H groups in total. The Morgan fingerprint density at radius 3 is 1.40 bits per heavy atom. The molecule has 12 heterocycles. The number of hydrogen-bond donors (Lipinski definition) is 0. The van der Waals surface area contributed by atoms with Crippen molar-refractivity contribution in [1.29, 1.82) is 0 Å². The third kappa shape index (κ3) is 9.48. The van der Waals surface area contributed by atoms with E-state index in [-0.39, 0.29) is 44.5 Å². The molecule has 0 spiro atoms. The van der Waals surface area contributed by atoms with Crippen LogP contribution in [0.3, 0.4) is 0 Å². The predicted molar refractivity (Wildman–Crippen MR) is 305 cm³/mol. The summed E-state index contributed by atoms with van der Waals surface area (Å²) in [7, 11) is -8.49. The molecule has 0 bridgehead atoms. The average Bonchev–Trinajstić information content (AvgIpc) is 4.28. The number of hydrogen-bond acceptors (Lipinski definition) is 23. The van der Waals surface area contributed by atoms with Crippen molar-refractivity contribution in [3.05, 3.63) is 120 Å². The van der Waals surface area contributed by atoms with E-state index in [0.29, 0.717) is 137 Å². The molecule has 0 amide bonds. The molecule has 0 fully saturated rings. The van der Waals surface area contributed by atoms with Gasteiger partial charge in [0.2, 0.25) is 0 Å². The number of fused-ring (bicyclic) bond motifs is 4. The Morgan fingerprint density at radius 2 is 0.901 bits per heavy atom. The molecule has 8 aliphatic heterocycles. The van der Waals surface area contributed by atoms with Crippen molar-refractivity contribution in [3.63, 3.8) is 0 Å². The minimum absolute atomic E-state index is 0.0109. The first kappa shape index (κ1) is 53.6. The van der Waals surface area contributed by atoms with Crippen LogP contribution in [0.5, 0.6) is 46.0 Å². The first-order chi connectivity index (χ1) is 39.2. The Morgan fingerprint density at radius 1 is 0.494 bits per heavy atom. The molecule has 8 aliphatic rings. The molecule has 2 aromatic carbocycles. The van der Waals surface area contributed by atoms with Gasteiger partial charge >= 0.3 is 10.1 Å². The number of benzene rings is 2. The van der Waals surface area contributed by atoms with Gasteiger partial charge in [0.15, 0.2) is 75.6 Å². The summed E-state index contributed by atoms with van der Waals surface area (Å²) in [6.45, 7) is 11.6. The second-order valence-corrected chi connectivity index (χ2v) is 29.6. The van der Waals surface area contributed by atoms with Gasteiger partial charge in [0, 0.05) is 9.75 Å². The van der Waals surface area contributed by atoms with Crippen molar-refractivity contribution in [2.75, 3.05) is 72.7 Å². The van der Waals surface area contributed by atoms with Crippen molar-refractivity contribution in [3.8, 4) is 46.0 Å². The van der Waals surface area contributed by atoms with Crippen LogP contribution in [0.25, 0.3) is 9.81 Å². The topological polar surface area (TPSA) is 211 Å². The second-order valence-electron chi connectivity index (χ2n) is 19.8. The lowest BCUT2D eigenvalue weighted by atomic mass is 9.87. The predicted octanol–water partition coefficient (Wildman–Crippen LogP) is 9.07. The zero-order valence-electron chi connectivity index (χ0n) is 43.7. The molecule has 426 valence electrons. The van der Waals surface area contributed by atoms with Gasteiger partial charge in [-0.3, -0.25) is 0 Å². The number of ether oxygens (including phenoxy) is 12. The summed E-state index contributed by atoms with van der Waals surface area (Å²) < 4.78 is 145. The molecule has 0 saturated carbocycles. The lowest BCUT2D eigenvalue weighted by Crippen LogP contribution is -2.35. The van der Waals surface area contributed by atoms with Crippen molar-refractivity contribution < 1.29 is 82.4 Å². The van der Waals surface area contributed by atoms with Gasteiger partial charge in [0.25, 0.3) is 16.4 Å². The highest BCUT2D eigenvalue weighted by Gasteiger charge is 2.45. The highest BCUT2D eigenvalue weighted by molar-refractivity contribution is 8.09. The van der Waals surface area contributed by atoms with E-state index < -0.39 is 26.5 Å². The Labute approximate surface area is 489 Å². The first-order valence-corrected chi connectivity index (χ1v) is 34.0. The van der Waals surface area contributed by atoms with Gasteiger partial charge in [-0.05, 0) is 67.5 Å². The van der Waals surface area contributed by atoms with Gasteiger partial charge in [-0.1, -0.05) is 38.1 Å². The van der Waals surface area contributed by atoms with Gasteiger partial charge in [-0.2, -0.15) is 8.42 Å². The van der Waals surface area contributed by atoms with Crippen molar-refractivity contribution in [1.82, 2.24) is 0 Å². The van der Waals surface area contributed by atoms with Crippen LogP contribution in [-0.4, -0.2) is 100 Å². The fraction of sp³-hybridized carbons (Fsp3) is 0.382. The van der Waals surface area contributed by atoms with Gasteiger partial charge in [0.1, 0.15) is 81.5 Å². The number of thioether (sulfide) groups is 2. The van der Waals surface area contributed by atoms with Crippen LogP contribution >= 0.6 is 68.9 Å². The lowest BCUT2D eigenvalue weighted by Gasteiger charge is -2.24. The number of rotatable bonds is 10. The molecule has 14 rings (SSSR count). The zero-order valence-corrected chi connectivity index (χ0v) is 50.2. The Hall–Kier alpha value is -5.42. The van der Waals surface area contributed by atoms with Crippen LogP contribution in [-0.2, 0) is 43.4 Å². The van der Waals surface area contributed by atoms with E-state index in [2.05, 4.69) is 0 Å². The third-order valence-corrected chi connectivity index (χ3v) is 24.7. The summed E-state index contributed by atoms with van der Waals surface area (Å²) in [5, 5.41) is -0.637. The average molecular weight is 1260 g/mol. The fourth-order valence-electron chi connectivity index (χ4n) is 10.8. The fourth-order valence-corrected chi connectivity index (χ4v) is 20.2. The Kier molecular flexibility index (Phi) is 13.9. The van der Waals surface area contributed by atoms with E-state index in [1.807, 2.05) is 27.7 Å². The van der Waals surface area contributed by atoms with E-state index in [1.165, 1.54) is 58.7 Å². The lowest BCUT2D eigenvalue weighted by molar-refractivity contribution is -0.0440. The molecule has 5 atom stereocenters. The summed E-state index contributed by atoms with van der Waals surface area (Å²) >= 11 is 9.21. The highest BCUT2D eigenvalue weighted by atomic mass is 32.2. The van der Waals surface area contributed by atoms with Crippen LogP contribution in [0.15, 0.2) is 81.4 Å². The molecular formula is C55H51O18S8+. The van der Waals surface area contributed by atoms with Crippen LogP contribution in [0.2, 0.25) is 0 Å². The maximum absolute atomic E-state index is 14.3. The molecule has 26 heteroatoms. The highest BCUT2D eigenvalue weighted by Crippen LogP contribution is 2.62. The molecule has 5 unspecified atom stereocenters. The monoisotopic (exact) mass is 1260 g/mol. The maximum atomic E-state index is 14.3. The molecule has 0 radical (unpaired) electrons. The normalized spacial score (nSPS) is 23.4. The first-order valence-electron chi connectivity index (χ1n) is 26.1. The molecule has 18 nitrogen and oxygen atoms in total. The van der Waals surface area contributed by atoms with Gasteiger partial charge < -0.3 is 61.4 Å². The van der Waals surface area contributed by atoms with Crippen molar-refractivity contribution in [2.45, 2.75) is 72.5 Å². The molecule has 4 aromatic heterocycles. The summed E-state index contributed by atoms with van der Waals surface area (Å²) in [6.07, 6.45) is -0.707. The third-order valence-electron chi connectivity index (χ3n) is 14.5. The zero-order chi connectivity index (χ0) is 55.5. The largest absolute Gasteiger partial charge is 0.489 e. The summed E-state index contributed by atoms with van der Waals surface area (Å²) in [4.78, 5) is 5.33. The standard InChI is InChI=1S/C55H50O18S8/c1-25(29-5-9-31(10-6-29)80(56,57)58)23-26(2)30-7-11-32(12-8-30)81(59,60)73-33-24-71-44-45(72-33)55(53-43-39(66-18-22-70-43)49(77-53)47-37-35(28(4)75-47)62-14-16-64-37)79-54(44)52-42-41(68-20-21-69-42)51(78-52)50-40-38(65-17-19-67-40)48(76-50)46-36-34(27(3)74-46)61-13-15-63-36/h5-12,25-26,33,48-49H,13-24H2,1-4H3,(H,56,57,58)/p+1/b51-50+,54-52+,55-53+. The summed E-state index contributed by atoms with van der Waals surface area (Å²) in [6, 6.07) is 12.9. The van der Waals surface area contributed by atoms with E-state index >= 15 is 0 Å². The number of thiophene rings is 4. The summed E-state index contributed by atoms with van der Waals surface area (Å²) in [5.74, 6) is 7.18. The van der Waals surface area contributed by atoms with E-state index in [0.717, 1.165) is 57.3 Å². The smallest absolute Gasteiger partial charge is 0.409 e. The molecule has 0 aliphatic carbocycles. The van der Waals surface area contributed by atoms with E-state index in [1.54, 1.807) is 58.7 Å². The van der Waals surface area contributed by atoms with Gasteiger partial charge in [-0.25, -0.2) is 4.18 Å². The SMILES string of the molecule is Cc1sc(C2S/C(=c3/s/c(=c4/s/c(=C5/SC(c6sc(C)c7c6OCCO7)C6=C5OCCO6)c5c4OCC(OS(=O)(=O)c4ccc(C(C)CC(C)c6ccc(S(=O)(=O)[OH2+])cc6)cc4)O5)c4c3OCCO4)C3=C2OCCO3)c2c1OCCO2. The van der Waals surface area contributed by atoms with E-state index in [4.69, 9.17) is 65.6 Å². The summed E-state index contributed by atoms with van der Waals surface area (Å²) in [5.41, 5.74) is 1.83. The molecule has 0 saturated heterocycles. The Bertz CT molecular complexity index is 4080. The van der Waals surface area contributed by atoms with Gasteiger partial charge in [-0.15, -0.1) is 77.3 Å². The molecular weight excluding hydrogens is 1210 g/mol. The minimum Gasteiger partial charge on any atom is -0.489 e. The van der Waals surface area contributed by atoms with E-state index in [9.17, 15) is 16.8 Å². The Balaban J connectivity index is 0.856. The maximum Gasteiger partial charge on any atom is 0.409 e.